The number of hydrogen-bond acceptors (Lipinski definition) is 7. The van der Waals surface area contributed by atoms with E-state index in [0.29, 0.717) is 28.7 Å². The van der Waals surface area contributed by atoms with E-state index >= 15 is 0 Å². The summed E-state index contributed by atoms with van der Waals surface area (Å²) < 4.78 is 5.72. The number of amides is 1. The van der Waals surface area contributed by atoms with Gasteiger partial charge in [0.1, 0.15) is 5.69 Å². The van der Waals surface area contributed by atoms with E-state index in [1.54, 1.807) is 38.6 Å². The molecule has 0 fully saturated rings. The molecule has 0 N–H and O–H groups in total. The van der Waals surface area contributed by atoms with Gasteiger partial charge in [0.2, 0.25) is 0 Å². The van der Waals surface area contributed by atoms with Gasteiger partial charge < -0.3 is 9.32 Å². The van der Waals surface area contributed by atoms with Crippen LogP contribution in [0.4, 0.5) is 0 Å². The summed E-state index contributed by atoms with van der Waals surface area (Å²) in [6, 6.07) is 11.1. The van der Waals surface area contributed by atoms with Gasteiger partial charge in [-0.1, -0.05) is 18.2 Å². The van der Waals surface area contributed by atoms with Crippen molar-refractivity contribution >= 4 is 17.2 Å². The molecule has 0 aliphatic rings. The largest absolute Gasteiger partial charge is 0.414 e. The van der Waals surface area contributed by atoms with Crippen LogP contribution >= 0.6 is 11.3 Å². The molecule has 7 nitrogen and oxygen atoms in total. The predicted octanol–water partition coefficient (Wildman–Crippen LogP) is 3.62. The summed E-state index contributed by atoms with van der Waals surface area (Å²) in [6.07, 6.45) is 3.24. The van der Waals surface area contributed by atoms with E-state index in [2.05, 4.69) is 20.2 Å². The van der Waals surface area contributed by atoms with E-state index in [1.165, 1.54) is 16.2 Å². The Morgan fingerprint density at radius 2 is 1.74 bits per heavy atom. The van der Waals surface area contributed by atoms with Crippen LogP contribution in [0.3, 0.4) is 0 Å². The molecule has 8 heteroatoms. The summed E-state index contributed by atoms with van der Waals surface area (Å²) in [4.78, 5) is 23.2. The van der Waals surface area contributed by atoms with Crippen LogP contribution in [-0.4, -0.2) is 45.1 Å². The summed E-state index contributed by atoms with van der Waals surface area (Å²) in [5, 5.41) is 10.1. The van der Waals surface area contributed by atoms with Gasteiger partial charge in [0, 0.05) is 25.2 Å². The Bertz CT molecular complexity index is 1070. The van der Waals surface area contributed by atoms with Gasteiger partial charge in [0.15, 0.2) is 0 Å². The highest BCUT2D eigenvalue weighted by Crippen LogP contribution is 2.27. The number of carbonyl (C=O) groups is 1. The average molecular weight is 377 g/mol. The van der Waals surface area contributed by atoms with Crippen molar-refractivity contribution in [2.75, 3.05) is 14.1 Å². The number of thiophene rings is 1. The molecule has 0 unspecified atom stereocenters. The van der Waals surface area contributed by atoms with Crippen molar-refractivity contribution in [3.63, 3.8) is 0 Å². The summed E-state index contributed by atoms with van der Waals surface area (Å²) in [7, 11) is 3.44. The van der Waals surface area contributed by atoms with Crippen molar-refractivity contribution in [1.29, 1.82) is 0 Å². The van der Waals surface area contributed by atoms with Gasteiger partial charge in [-0.25, -0.2) is 4.98 Å². The van der Waals surface area contributed by atoms with Gasteiger partial charge >= 0.3 is 0 Å². The van der Waals surface area contributed by atoms with E-state index in [0.717, 1.165) is 10.4 Å². The summed E-state index contributed by atoms with van der Waals surface area (Å²) in [6.45, 7) is 0. The van der Waals surface area contributed by atoms with Crippen LogP contribution in [0.25, 0.3) is 33.6 Å². The van der Waals surface area contributed by atoms with E-state index in [-0.39, 0.29) is 5.91 Å². The molecule has 0 atom stereocenters. The SMILES string of the molecule is CN(C)C(=O)c1ccc(-c2cncc(-c3nnc(-c4cccs4)o3)n2)cc1. The molecule has 4 aromatic rings. The molecule has 1 amide bonds. The van der Waals surface area contributed by atoms with Crippen molar-refractivity contribution in [2.45, 2.75) is 0 Å². The lowest BCUT2D eigenvalue weighted by Gasteiger charge is -2.10. The zero-order valence-electron chi connectivity index (χ0n) is 14.7. The van der Waals surface area contributed by atoms with Crippen LogP contribution in [0.2, 0.25) is 0 Å². The van der Waals surface area contributed by atoms with Gasteiger partial charge in [-0.2, -0.15) is 0 Å². The molecular weight excluding hydrogens is 362 g/mol. The van der Waals surface area contributed by atoms with Crippen LogP contribution in [0.5, 0.6) is 0 Å². The van der Waals surface area contributed by atoms with Crippen LogP contribution in [0.1, 0.15) is 10.4 Å². The molecule has 134 valence electrons. The van der Waals surface area contributed by atoms with Gasteiger partial charge in [-0.3, -0.25) is 9.78 Å². The molecule has 0 radical (unpaired) electrons. The monoisotopic (exact) mass is 377 g/mol. The maximum absolute atomic E-state index is 12.0. The molecule has 0 aliphatic carbocycles. The smallest absolute Gasteiger partial charge is 0.268 e. The first-order valence-electron chi connectivity index (χ1n) is 8.14. The molecule has 0 bridgehead atoms. The third-order valence-electron chi connectivity index (χ3n) is 3.84. The zero-order valence-corrected chi connectivity index (χ0v) is 15.5. The lowest BCUT2D eigenvalue weighted by atomic mass is 10.1. The molecule has 0 aliphatic heterocycles. The van der Waals surface area contributed by atoms with Crippen LogP contribution in [0, 0.1) is 0 Å². The fourth-order valence-electron chi connectivity index (χ4n) is 2.48. The van der Waals surface area contributed by atoms with Gasteiger partial charge in [-0.05, 0) is 23.6 Å². The Labute approximate surface area is 159 Å². The third-order valence-corrected chi connectivity index (χ3v) is 4.70. The predicted molar refractivity (Wildman–Crippen MR) is 102 cm³/mol. The van der Waals surface area contributed by atoms with Gasteiger partial charge in [0.05, 0.1) is 23.0 Å². The lowest BCUT2D eigenvalue weighted by molar-refractivity contribution is 0.0827. The summed E-state index contributed by atoms with van der Waals surface area (Å²) in [5.74, 6) is 0.722. The Balaban J connectivity index is 1.62. The molecule has 1 aromatic carbocycles. The highest BCUT2D eigenvalue weighted by Gasteiger charge is 2.14. The number of carbonyl (C=O) groups excluding carboxylic acids is 1. The molecule has 3 aromatic heterocycles. The van der Waals surface area contributed by atoms with E-state index in [4.69, 9.17) is 4.42 Å². The number of aromatic nitrogens is 4. The molecule has 27 heavy (non-hydrogen) atoms. The maximum atomic E-state index is 12.0. The van der Waals surface area contributed by atoms with E-state index in [9.17, 15) is 4.79 Å². The second kappa shape index (κ2) is 7.08. The highest BCUT2D eigenvalue weighted by molar-refractivity contribution is 7.13. The second-order valence-electron chi connectivity index (χ2n) is 5.96. The van der Waals surface area contributed by atoms with Crippen molar-refractivity contribution < 1.29 is 9.21 Å². The normalized spacial score (nSPS) is 10.7. The fraction of sp³-hybridized carbons (Fsp3) is 0.105. The zero-order chi connectivity index (χ0) is 18.8. The Morgan fingerprint density at radius 3 is 2.44 bits per heavy atom. The van der Waals surface area contributed by atoms with E-state index < -0.39 is 0 Å². The second-order valence-corrected chi connectivity index (χ2v) is 6.90. The minimum atomic E-state index is -0.0478. The number of benzene rings is 1. The molecule has 0 saturated heterocycles. The van der Waals surface area contributed by atoms with Crippen LogP contribution in [-0.2, 0) is 0 Å². The standard InChI is InChI=1S/C19H15N5O2S/c1-24(2)19(25)13-7-5-12(6-8-13)14-10-20-11-15(21-14)17-22-23-18(26-17)16-4-3-9-27-16/h3-11H,1-2H3. The molecule has 4 rings (SSSR count). The first-order valence-corrected chi connectivity index (χ1v) is 9.01. The molecule has 3 heterocycles. The maximum Gasteiger partial charge on any atom is 0.268 e. The van der Waals surface area contributed by atoms with Gasteiger partial charge in [0.25, 0.3) is 17.7 Å². The number of nitrogens with zero attached hydrogens (tertiary/aromatic N) is 5. The number of hydrogen-bond donors (Lipinski definition) is 0. The summed E-state index contributed by atoms with van der Waals surface area (Å²) in [5.41, 5.74) is 2.62. The quantitative estimate of drug-likeness (QED) is 0.540. The Kier molecular flexibility index (Phi) is 4.47. The molecule has 0 saturated carbocycles. The van der Waals surface area contributed by atoms with Crippen molar-refractivity contribution in [3.8, 4) is 33.6 Å². The Morgan fingerprint density at radius 1 is 1.00 bits per heavy atom. The van der Waals surface area contributed by atoms with E-state index in [1.807, 2.05) is 29.6 Å². The van der Waals surface area contributed by atoms with Crippen molar-refractivity contribution in [2.24, 2.45) is 0 Å². The minimum Gasteiger partial charge on any atom is -0.414 e. The number of rotatable bonds is 4. The highest BCUT2D eigenvalue weighted by atomic mass is 32.1. The molecular formula is C19H15N5O2S. The lowest BCUT2D eigenvalue weighted by Crippen LogP contribution is -2.21. The minimum absolute atomic E-state index is 0.0478. The fourth-order valence-corrected chi connectivity index (χ4v) is 3.12. The van der Waals surface area contributed by atoms with Crippen LogP contribution in [0.15, 0.2) is 58.6 Å². The molecule has 0 spiro atoms. The summed E-state index contributed by atoms with van der Waals surface area (Å²) >= 11 is 1.53. The first kappa shape index (κ1) is 17.0. The van der Waals surface area contributed by atoms with Crippen molar-refractivity contribution in [1.82, 2.24) is 25.1 Å². The Hall–Kier alpha value is -3.39. The first-order chi connectivity index (χ1) is 13.1. The van der Waals surface area contributed by atoms with Crippen molar-refractivity contribution in [3.05, 3.63) is 59.7 Å². The third kappa shape index (κ3) is 3.47. The van der Waals surface area contributed by atoms with Gasteiger partial charge in [-0.15, -0.1) is 21.5 Å². The topological polar surface area (TPSA) is 85.0 Å². The average Bonchev–Trinajstić information content (AvgIpc) is 3.39. The van der Waals surface area contributed by atoms with Crippen LogP contribution < -0.4 is 0 Å².